The highest BCUT2D eigenvalue weighted by Crippen LogP contribution is 2.32. The topological polar surface area (TPSA) is 43.1 Å². The molecule has 1 amide bonds. The van der Waals surface area contributed by atoms with Crippen LogP contribution in [0.2, 0.25) is 0 Å². The third-order valence-corrected chi connectivity index (χ3v) is 5.78. The van der Waals surface area contributed by atoms with Gasteiger partial charge in [-0.2, -0.15) is 0 Å². The lowest BCUT2D eigenvalue weighted by Crippen LogP contribution is -2.12. The van der Waals surface area contributed by atoms with Gasteiger partial charge in [0.25, 0.3) is 0 Å². The van der Waals surface area contributed by atoms with Gasteiger partial charge in [-0.25, -0.2) is 0 Å². The fourth-order valence-electron chi connectivity index (χ4n) is 2.74. The molecule has 0 heterocycles. The van der Waals surface area contributed by atoms with Gasteiger partial charge in [-0.05, 0) is 80.1 Å². The zero-order valence-corrected chi connectivity index (χ0v) is 14.7. The first kappa shape index (κ1) is 16.6. The van der Waals surface area contributed by atoms with Crippen LogP contribution in [0.15, 0.2) is 29.2 Å². The summed E-state index contributed by atoms with van der Waals surface area (Å²) in [4.78, 5) is 12.5. The summed E-state index contributed by atoms with van der Waals surface area (Å²) in [6.45, 7) is 10.9. The molecule has 2 nitrogen and oxygen atoms in total. The summed E-state index contributed by atoms with van der Waals surface area (Å²) in [5, 5.41) is 0. The largest absolute Gasteiger partial charge is 0.366 e. The van der Waals surface area contributed by atoms with Gasteiger partial charge >= 0.3 is 0 Å². The van der Waals surface area contributed by atoms with Crippen molar-refractivity contribution in [2.24, 2.45) is 5.73 Å². The molecule has 0 atom stereocenters. The monoisotopic (exact) mass is 313 g/mol. The van der Waals surface area contributed by atoms with Crippen LogP contribution in [0.5, 0.6) is 0 Å². The molecule has 0 bridgehead atoms. The molecule has 0 saturated heterocycles. The number of nitrogens with two attached hydrogens (primary N) is 1. The smallest absolute Gasteiger partial charge is 0.249 e. The fraction of sp³-hybridized carbons (Fsp3) is 0.316. The summed E-state index contributed by atoms with van der Waals surface area (Å²) in [5.74, 6) is 0.483. The fourth-order valence-corrected chi connectivity index (χ4v) is 3.97. The molecule has 2 aromatic carbocycles. The van der Waals surface area contributed by atoms with E-state index in [1.807, 2.05) is 18.2 Å². The van der Waals surface area contributed by atoms with Gasteiger partial charge in [-0.15, -0.1) is 11.8 Å². The number of primary amides is 1. The van der Waals surface area contributed by atoms with Crippen molar-refractivity contribution in [1.82, 2.24) is 0 Å². The second kappa shape index (κ2) is 6.57. The van der Waals surface area contributed by atoms with Crippen molar-refractivity contribution in [3.8, 4) is 0 Å². The van der Waals surface area contributed by atoms with Crippen LogP contribution in [0.4, 0.5) is 0 Å². The Bertz CT molecular complexity index is 705. The molecule has 2 rings (SSSR count). The van der Waals surface area contributed by atoms with E-state index < -0.39 is 0 Å². The van der Waals surface area contributed by atoms with Crippen LogP contribution >= 0.6 is 11.8 Å². The molecule has 3 heteroatoms. The number of rotatable bonds is 4. The highest BCUT2D eigenvalue weighted by atomic mass is 32.2. The molecule has 0 fully saturated rings. The van der Waals surface area contributed by atoms with Gasteiger partial charge in [0.05, 0.1) is 5.56 Å². The maximum Gasteiger partial charge on any atom is 0.249 e. The first-order chi connectivity index (χ1) is 10.3. The third-order valence-electron chi connectivity index (χ3n) is 4.68. The molecular weight excluding hydrogens is 290 g/mol. The summed E-state index contributed by atoms with van der Waals surface area (Å²) in [7, 11) is 0. The Hall–Kier alpha value is -1.74. The zero-order valence-electron chi connectivity index (χ0n) is 13.9. The molecule has 0 aromatic heterocycles. The number of carbonyl (C=O) groups excluding carboxylic acids is 1. The van der Waals surface area contributed by atoms with Gasteiger partial charge in [-0.3, -0.25) is 4.79 Å². The lowest BCUT2D eigenvalue weighted by atomic mass is 9.90. The predicted molar refractivity (Wildman–Crippen MR) is 94.6 cm³/mol. The Morgan fingerprint density at radius 3 is 1.95 bits per heavy atom. The molecule has 2 aromatic rings. The Morgan fingerprint density at radius 1 is 0.909 bits per heavy atom. The van der Waals surface area contributed by atoms with Crippen LogP contribution < -0.4 is 5.73 Å². The van der Waals surface area contributed by atoms with E-state index in [0.29, 0.717) is 5.56 Å². The second-order valence-corrected chi connectivity index (χ2v) is 6.77. The molecule has 0 aliphatic heterocycles. The summed E-state index contributed by atoms with van der Waals surface area (Å²) in [6.07, 6.45) is 0. The Balaban J connectivity index is 2.36. The predicted octanol–water partition coefficient (Wildman–Crippen LogP) is 4.62. The molecule has 0 radical (unpaired) electrons. The molecule has 116 valence electrons. The molecule has 0 unspecified atom stereocenters. The van der Waals surface area contributed by atoms with Crippen LogP contribution in [0.1, 0.15) is 43.7 Å². The van der Waals surface area contributed by atoms with E-state index in [1.54, 1.807) is 17.8 Å². The number of hydrogen-bond acceptors (Lipinski definition) is 2. The average molecular weight is 313 g/mol. The van der Waals surface area contributed by atoms with Gasteiger partial charge in [-0.1, -0.05) is 12.1 Å². The molecule has 22 heavy (non-hydrogen) atoms. The van der Waals surface area contributed by atoms with Gasteiger partial charge < -0.3 is 5.73 Å². The van der Waals surface area contributed by atoms with Gasteiger partial charge in [0.1, 0.15) is 0 Å². The van der Waals surface area contributed by atoms with Gasteiger partial charge in [0.15, 0.2) is 0 Å². The van der Waals surface area contributed by atoms with Crippen molar-refractivity contribution < 1.29 is 4.79 Å². The Morgan fingerprint density at radius 2 is 1.41 bits per heavy atom. The molecule has 0 spiro atoms. The minimum absolute atomic E-state index is 0.368. The van der Waals surface area contributed by atoms with Crippen molar-refractivity contribution in [2.45, 2.75) is 45.3 Å². The van der Waals surface area contributed by atoms with Crippen molar-refractivity contribution in [2.75, 3.05) is 0 Å². The molecule has 0 saturated carbocycles. The zero-order chi connectivity index (χ0) is 16.4. The van der Waals surface area contributed by atoms with E-state index in [0.717, 1.165) is 10.6 Å². The van der Waals surface area contributed by atoms with E-state index >= 15 is 0 Å². The number of benzene rings is 2. The number of carbonyl (C=O) groups is 1. The lowest BCUT2D eigenvalue weighted by Gasteiger charge is -2.18. The number of amides is 1. The molecule has 2 N–H and O–H groups in total. The summed E-state index contributed by atoms with van der Waals surface area (Å²) in [6, 6.07) is 7.54. The minimum atomic E-state index is -0.368. The van der Waals surface area contributed by atoms with Crippen molar-refractivity contribution in [1.29, 1.82) is 0 Å². The molecule has 0 aliphatic carbocycles. The Kier molecular flexibility index (Phi) is 4.97. The SMILES string of the molecule is Cc1c(C)c(C)c(CSc2ccccc2C(N)=O)c(C)c1C. The van der Waals surface area contributed by atoms with Crippen LogP contribution in [-0.4, -0.2) is 5.91 Å². The van der Waals surface area contributed by atoms with Crippen LogP contribution in [-0.2, 0) is 5.75 Å². The average Bonchev–Trinajstić information content (AvgIpc) is 2.51. The standard InChI is InChI=1S/C19H23NOS/c1-11-12(2)14(4)17(15(5)13(11)3)10-22-18-9-7-6-8-16(18)19(20)21/h6-9H,10H2,1-5H3,(H2,20,21). The van der Waals surface area contributed by atoms with Crippen LogP contribution in [0, 0.1) is 34.6 Å². The first-order valence-corrected chi connectivity index (χ1v) is 8.40. The van der Waals surface area contributed by atoms with E-state index in [1.165, 1.54) is 33.4 Å². The van der Waals surface area contributed by atoms with Gasteiger partial charge in [0, 0.05) is 10.6 Å². The van der Waals surface area contributed by atoms with Crippen molar-refractivity contribution >= 4 is 17.7 Å². The summed E-state index contributed by atoms with van der Waals surface area (Å²) < 4.78 is 0. The number of thioether (sulfide) groups is 1. The molecule has 0 aliphatic rings. The minimum Gasteiger partial charge on any atom is -0.366 e. The normalized spacial score (nSPS) is 10.8. The van der Waals surface area contributed by atoms with Crippen molar-refractivity contribution in [3.05, 3.63) is 63.2 Å². The quantitative estimate of drug-likeness (QED) is 0.837. The van der Waals surface area contributed by atoms with E-state index in [2.05, 4.69) is 34.6 Å². The third kappa shape index (κ3) is 3.05. The van der Waals surface area contributed by atoms with Crippen molar-refractivity contribution in [3.63, 3.8) is 0 Å². The van der Waals surface area contributed by atoms with Crippen LogP contribution in [0.25, 0.3) is 0 Å². The maximum absolute atomic E-state index is 11.5. The van der Waals surface area contributed by atoms with E-state index in [-0.39, 0.29) is 5.91 Å². The van der Waals surface area contributed by atoms with Gasteiger partial charge in [0.2, 0.25) is 5.91 Å². The van der Waals surface area contributed by atoms with Crippen LogP contribution in [0.3, 0.4) is 0 Å². The maximum atomic E-state index is 11.5. The highest BCUT2D eigenvalue weighted by molar-refractivity contribution is 7.98. The summed E-state index contributed by atoms with van der Waals surface area (Å²) in [5.41, 5.74) is 14.2. The highest BCUT2D eigenvalue weighted by Gasteiger charge is 2.14. The molecular formula is C19H23NOS. The first-order valence-electron chi connectivity index (χ1n) is 7.42. The number of hydrogen-bond donors (Lipinski definition) is 1. The lowest BCUT2D eigenvalue weighted by molar-refractivity contribution is 0.0997. The second-order valence-electron chi connectivity index (χ2n) is 5.75. The summed E-state index contributed by atoms with van der Waals surface area (Å²) >= 11 is 1.68. The van der Waals surface area contributed by atoms with E-state index in [4.69, 9.17) is 5.73 Å². The van der Waals surface area contributed by atoms with E-state index in [9.17, 15) is 4.79 Å². The Labute approximate surface area is 137 Å².